The molecule has 4 aromatic rings. The van der Waals surface area contributed by atoms with E-state index in [1.54, 1.807) is 11.9 Å². The highest BCUT2D eigenvalue weighted by molar-refractivity contribution is 7.12. The second kappa shape index (κ2) is 10.2. The van der Waals surface area contributed by atoms with Crippen LogP contribution in [0.5, 0.6) is 5.75 Å². The van der Waals surface area contributed by atoms with Gasteiger partial charge in [-0.1, -0.05) is 60.7 Å². The van der Waals surface area contributed by atoms with Crippen LogP contribution >= 0.6 is 11.3 Å². The first kappa shape index (κ1) is 22.9. The minimum atomic E-state index is -0.221. The molecule has 0 bridgehead atoms. The molecule has 35 heavy (non-hydrogen) atoms. The molecule has 5 nitrogen and oxygen atoms in total. The summed E-state index contributed by atoms with van der Waals surface area (Å²) in [5.74, 6) is 0.512. The monoisotopic (exact) mass is 482 g/mol. The Morgan fingerprint density at radius 2 is 1.71 bits per heavy atom. The van der Waals surface area contributed by atoms with Crippen LogP contribution in [-0.4, -0.2) is 36.9 Å². The molecule has 176 valence electrons. The van der Waals surface area contributed by atoms with Crippen molar-refractivity contribution < 1.29 is 14.3 Å². The van der Waals surface area contributed by atoms with Crippen LogP contribution in [0.3, 0.4) is 0 Å². The molecule has 5 rings (SSSR count). The maximum Gasteiger partial charge on any atom is 0.264 e. The van der Waals surface area contributed by atoms with Gasteiger partial charge < -0.3 is 14.5 Å². The van der Waals surface area contributed by atoms with Crippen LogP contribution in [0.25, 0.3) is 0 Å². The second-order valence-electron chi connectivity index (χ2n) is 8.48. The molecular formula is C29H26N2O3S. The van der Waals surface area contributed by atoms with Crippen molar-refractivity contribution in [1.82, 2.24) is 4.90 Å². The summed E-state index contributed by atoms with van der Waals surface area (Å²) in [6, 6.07) is 29.1. The number of anilines is 1. The fourth-order valence-corrected chi connectivity index (χ4v) is 5.15. The Morgan fingerprint density at radius 3 is 2.43 bits per heavy atom. The summed E-state index contributed by atoms with van der Waals surface area (Å²) in [6.45, 7) is 0.571. The number of carbonyl (C=O) groups excluding carboxylic acids is 2. The molecule has 1 atom stereocenters. The van der Waals surface area contributed by atoms with Gasteiger partial charge >= 0.3 is 0 Å². The van der Waals surface area contributed by atoms with Gasteiger partial charge in [0.2, 0.25) is 0 Å². The van der Waals surface area contributed by atoms with E-state index in [1.165, 1.54) is 16.9 Å². The van der Waals surface area contributed by atoms with Gasteiger partial charge in [0.05, 0.1) is 10.9 Å². The van der Waals surface area contributed by atoms with Gasteiger partial charge in [-0.05, 0) is 58.8 Å². The third-order valence-electron chi connectivity index (χ3n) is 6.33. The number of likely N-dealkylation sites (N-methyl/N-ethyl adjacent to an activating group) is 1. The molecule has 1 aliphatic rings. The lowest BCUT2D eigenvalue weighted by molar-refractivity contribution is -0.120. The molecule has 2 amide bonds. The molecule has 0 fully saturated rings. The Kier molecular flexibility index (Phi) is 6.64. The highest BCUT2D eigenvalue weighted by atomic mass is 32.1. The van der Waals surface area contributed by atoms with Crippen LogP contribution < -0.4 is 9.64 Å². The standard InChI is InChI=1S/C29H26N2O3S/c1-30(23-11-6-3-7-12-23)27(32)20-34-24-15-14-21-16-17-31(29(33)26-13-8-18-35-26)28(25(21)19-24)22-9-4-2-5-10-22/h2-15,18-19,28H,16-17,20H2,1H3. The SMILES string of the molecule is CN(C(=O)COc1ccc2c(c1)C(c1ccccc1)N(C(=O)c1cccs1)CC2)c1ccccc1. The van der Waals surface area contributed by atoms with Crippen LogP contribution in [0.4, 0.5) is 5.69 Å². The number of hydrogen-bond acceptors (Lipinski definition) is 4. The quantitative estimate of drug-likeness (QED) is 0.361. The van der Waals surface area contributed by atoms with Gasteiger partial charge in [0.15, 0.2) is 6.61 Å². The molecule has 0 N–H and O–H groups in total. The van der Waals surface area contributed by atoms with Crippen molar-refractivity contribution in [2.24, 2.45) is 0 Å². The van der Waals surface area contributed by atoms with E-state index in [2.05, 4.69) is 18.2 Å². The summed E-state index contributed by atoms with van der Waals surface area (Å²) < 4.78 is 5.94. The lowest BCUT2D eigenvalue weighted by atomic mass is 9.88. The molecule has 0 radical (unpaired) electrons. The van der Waals surface area contributed by atoms with Crippen LogP contribution in [0.1, 0.15) is 32.4 Å². The number of benzene rings is 3. The summed E-state index contributed by atoms with van der Waals surface area (Å²) in [5, 5.41) is 1.93. The Balaban J connectivity index is 1.41. The number of fused-ring (bicyclic) bond motifs is 1. The van der Waals surface area contributed by atoms with Gasteiger partial charge in [-0.3, -0.25) is 9.59 Å². The van der Waals surface area contributed by atoms with E-state index in [4.69, 9.17) is 4.74 Å². The highest BCUT2D eigenvalue weighted by Gasteiger charge is 2.33. The van der Waals surface area contributed by atoms with Crippen LogP contribution in [0.15, 0.2) is 96.4 Å². The number of hydrogen-bond donors (Lipinski definition) is 0. The highest BCUT2D eigenvalue weighted by Crippen LogP contribution is 2.38. The maximum absolute atomic E-state index is 13.4. The van der Waals surface area contributed by atoms with Crippen molar-refractivity contribution in [3.05, 3.63) is 118 Å². The predicted molar refractivity (Wildman–Crippen MR) is 139 cm³/mol. The smallest absolute Gasteiger partial charge is 0.264 e. The van der Waals surface area contributed by atoms with Gasteiger partial charge in [0, 0.05) is 19.3 Å². The Hall–Kier alpha value is -3.90. The van der Waals surface area contributed by atoms with Crippen molar-refractivity contribution in [3.63, 3.8) is 0 Å². The summed E-state index contributed by atoms with van der Waals surface area (Å²) in [6.07, 6.45) is 0.770. The largest absolute Gasteiger partial charge is 0.484 e. The van der Waals surface area contributed by atoms with Crippen molar-refractivity contribution in [1.29, 1.82) is 0 Å². The maximum atomic E-state index is 13.4. The van der Waals surface area contributed by atoms with Crippen molar-refractivity contribution in [2.45, 2.75) is 12.5 Å². The minimum Gasteiger partial charge on any atom is -0.484 e. The first-order valence-electron chi connectivity index (χ1n) is 11.6. The number of ether oxygens (including phenoxy) is 1. The summed E-state index contributed by atoms with van der Waals surface area (Å²) >= 11 is 1.46. The predicted octanol–water partition coefficient (Wildman–Crippen LogP) is 5.58. The van der Waals surface area contributed by atoms with Gasteiger partial charge in [-0.2, -0.15) is 0 Å². The van der Waals surface area contributed by atoms with E-state index in [1.807, 2.05) is 83.1 Å². The van der Waals surface area contributed by atoms with Crippen LogP contribution in [-0.2, 0) is 11.2 Å². The van der Waals surface area contributed by atoms with Crippen molar-refractivity contribution >= 4 is 28.8 Å². The van der Waals surface area contributed by atoms with Crippen molar-refractivity contribution in [3.8, 4) is 5.75 Å². The number of thiophene rings is 1. The number of para-hydroxylation sites is 1. The average molecular weight is 483 g/mol. The molecule has 1 unspecified atom stereocenters. The minimum absolute atomic E-state index is 0.0329. The topological polar surface area (TPSA) is 49.9 Å². The molecule has 0 spiro atoms. The lowest BCUT2D eigenvalue weighted by Gasteiger charge is -2.37. The van der Waals surface area contributed by atoms with E-state index >= 15 is 0 Å². The molecule has 1 aromatic heterocycles. The normalized spacial score (nSPS) is 14.8. The first-order valence-corrected chi connectivity index (χ1v) is 12.5. The van der Waals surface area contributed by atoms with E-state index < -0.39 is 0 Å². The van der Waals surface area contributed by atoms with E-state index in [-0.39, 0.29) is 24.5 Å². The number of rotatable bonds is 6. The fourth-order valence-electron chi connectivity index (χ4n) is 4.48. The van der Waals surface area contributed by atoms with Crippen LogP contribution in [0.2, 0.25) is 0 Å². The second-order valence-corrected chi connectivity index (χ2v) is 9.42. The number of amides is 2. The van der Waals surface area contributed by atoms with Gasteiger partial charge in [0.25, 0.3) is 11.8 Å². The lowest BCUT2D eigenvalue weighted by Crippen LogP contribution is -2.40. The van der Waals surface area contributed by atoms with E-state index in [0.717, 1.165) is 28.1 Å². The summed E-state index contributed by atoms with van der Waals surface area (Å²) in [4.78, 5) is 30.4. The average Bonchev–Trinajstić information content (AvgIpc) is 3.46. The Morgan fingerprint density at radius 1 is 0.971 bits per heavy atom. The zero-order valence-corrected chi connectivity index (χ0v) is 20.3. The first-order chi connectivity index (χ1) is 17.1. The molecular weight excluding hydrogens is 456 g/mol. The van der Waals surface area contributed by atoms with Crippen molar-refractivity contribution in [2.75, 3.05) is 25.1 Å². The van der Waals surface area contributed by atoms with E-state index in [9.17, 15) is 9.59 Å². The van der Waals surface area contributed by atoms with Crippen LogP contribution in [0, 0.1) is 0 Å². The van der Waals surface area contributed by atoms with Gasteiger partial charge in [-0.15, -0.1) is 11.3 Å². The van der Waals surface area contributed by atoms with E-state index in [0.29, 0.717) is 12.3 Å². The van der Waals surface area contributed by atoms with Gasteiger partial charge in [0.1, 0.15) is 5.75 Å². The molecule has 1 aliphatic heterocycles. The third kappa shape index (κ3) is 4.84. The number of carbonyl (C=O) groups is 2. The molecule has 2 heterocycles. The Bertz CT molecular complexity index is 1310. The zero-order valence-electron chi connectivity index (χ0n) is 19.5. The molecule has 3 aromatic carbocycles. The molecule has 0 saturated heterocycles. The summed E-state index contributed by atoms with van der Waals surface area (Å²) in [7, 11) is 1.74. The Labute approximate surface area is 209 Å². The fraction of sp³-hybridized carbons (Fsp3) is 0.172. The van der Waals surface area contributed by atoms with Gasteiger partial charge in [-0.25, -0.2) is 0 Å². The third-order valence-corrected chi connectivity index (χ3v) is 7.19. The molecule has 0 saturated carbocycles. The zero-order chi connectivity index (χ0) is 24.2. The molecule has 0 aliphatic carbocycles. The molecule has 6 heteroatoms. The number of nitrogens with zero attached hydrogens (tertiary/aromatic N) is 2. The summed E-state index contributed by atoms with van der Waals surface area (Å²) in [5.41, 5.74) is 4.09.